The van der Waals surface area contributed by atoms with Crippen molar-refractivity contribution in [2.45, 2.75) is 11.3 Å². The zero-order valence-electron chi connectivity index (χ0n) is 23.5. The fourth-order valence-corrected chi connectivity index (χ4v) is 6.97. The summed E-state index contributed by atoms with van der Waals surface area (Å²) in [6.45, 7) is 0. The van der Waals surface area contributed by atoms with Crippen molar-refractivity contribution in [2.24, 2.45) is 0 Å². The molecule has 6 aromatic rings. The first-order valence-electron chi connectivity index (χ1n) is 13.5. The lowest BCUT2D eigenvalue weighted by atomic mass is 9.95. The van der Waals surface area contributed by atoms with E-state index in [4.69, 9.17) is 0 Å². The number of benzene rings is 5. The molecule has 0 aliphatic rings. The van der Waals surface area contributed by atoms with Crippen molar-refractivity contribution in [2.75, 3.05) is 0 Å². The lowest BCUT2D eigenvalue weighted by Gasteiger charge is -2.16. The summed E-state index contributed by atoms with van der Waals surface area (Å²) >= 11 is 0. The Hall–Kier alpha value is -5.43. The van der Waals surface area contributed by atoms with Crippen LogP contribution in [-0.4, -0.2) is 23.5 Å². The number of halogens is 7. The van der Waals surface area contributed by atoms with Gasteiger partial charge in [-0.05, 0) is 66.2 Å². The van der Waals surface area contributed by atoms with Crippen LogP contribution in [0.4, 0.5) is 30.7 Å². The van der Waals surface area contributed by atoms with E-state index in [0.29, 0.717) is 16.1 Å². The standard InChI is InChI=1S/C34H18F7NO4S/c35-21-9-12-28-23(16-21)30(31-24(36)5-2-6-25(31)37)32(42(28)47(45,46)22-10-7-17(8-11-22)33(40)41)19-4-1-3-18(13-19)29-26(38)14-20(34(43)44)15-27(29)39/h1-16,33H,(H,43,44). The molecule has 0 saturated heterocycles. The highest BCUT2D eigenvalue weighted by Crippen LogP contribution is 2.45. The van der Waals surface area contributed by atoms with Crippen LogP contribution in [0.2, 0.25) is 0 Å². The first kappa shape index (κ1) is 31.5. The molecule has 0 spiro atoms. The maximum Gasteiger partial charge on any atom is 0.335 e. The minimum Gasteiger partial charge on any atom is -0.478 e. The van der Waals surface area contributed by atoms with E-state index in [1.54, 1.807) is 0 Å². The van der Waals surface area contributed by atoms with Crippen molar-refractivity contribution in [3.63, 3.8) is 0 Å². The minimum atomic E-state index is -4.83. The quantitative estimate of drug-likeness (QED) is 0.172. The number of alkyl halides is 2. The third kappa shape index (κ3) is 5.42. The van der Waals surface area contributed by atoms with Gasteiger partial charge in [-0.2, -0.15) is 0 Å². The van der Waals surface area contributed by atoms with Crippen LogP contribution >= 0.6 is 0 Å². The summed E-state index contributed by atoms with van der Waals surface area (Å²) in [5.41, 5.74) is -4.10. The third-order valence-electron chi connectivity index (χ3n) is 7.48. The maximum atomic E-state index is 15.5. The monoisotopic (exact) mass is 669 g/mol. The largest absolute Gasteiger partial charge is 0.478 e. The number of fused-ring (bicyclic) bond motifs is 1. The fourth-order valence-electron chi connectivity index (χ4n) is 5.42. The Bertz CT molecular complexity index is 2290. The van der Waals surface area contributed by atoms with E-state index < -0.39 is 89.9 Å². The van der Waals surface area contributed by atoms with Gasteiger partial charge in [0, 0.05) is 22.1 Å². The topological polar surface area (TPSA) is 76.4 Å². The molecule has 0 amide bonds. The van der Waals surface area contributed by atoms with Gasteiger partial charge in [0.1, 0.15) is 29.1 Å². The van der Waals surface area contributed by atoms with Crippen LogP contribution in [0.25, 0.3) is 44.4 Å². The summed E-state index contributed by atoms with van der Waals surface area (Å²) in [6.07, 6.45) is -2.92. The normalized spacial score (nSPS) is 11.8. The van der Waals surface area contributed by atoms with Gasteiger partial charge < -0.3 is 5.11 Å². The average molecular weight is 670 g/mol. The van der Waals surface area contributed by atoms with Crippen LogP contribution < -0.4 is 0 Å². The lowest BCUT2D eigenvalue weighted by molar-refractivity contribution is 0.0695. The first-order valence-corrected chi connectivity index (χ1v) is 15.0. The maximum absolute atomic E-state index is 15.5. The number of carboxylic acid groups (broad SMARTS) is 1. The molecule has 1 N–H and O–H groups in total. The highest BCUT2D eigenvalue weighted by Gasteiger charge is 2.32. The van der Waals surface area contributed by atoms with Crippen LogP contribution in [0.15, 0.2) is 102 Å². The van der Waals surface area contributed by atoms with Gasteiger partial charge in [0.2, 0.25) is 0 Å². The van der Waals surface area contributed by atoms with Gasteiger partial charge in [-0.1, -0.05) is 36.4 Å². The van der Waals surface area contributed by atoms with E-state index in [-0.39, 0.29) is 22.0 Å². The molecule has 5 nitrogen and oxygen atoms in total. The Morgan fingerprint density at radius 3 is 1.85 bits per heavy atom. The predicted octanol–water partition coefficient (Wildman–Crippen LogP) is 9.21. The smallest absolute Gasteiger partial charge is 0.335 e. The van der Waals surface area contributed by atoms with Crippen molar-refractivity contribution >= 4 is 26.9 Å². The summed E-state index contributed by atoms with van der Waals surface area (Å²) in [4.78, 5) is 10.8. The summed E-state index contributed by atoms with van der Waals surface area (Å²) in [6, 6.07) is 15.3. The van der Waals surface area contributed by atoms with E-state index in [9.17, 15) is 31.5 Å². The Labute approximate surface area is 261 Å². The highest BCUT2D eigenvalue weighted by atomic mass is 32.2. The van der Waals surface area contributed by atoms with E-state index in [1.807, 2.05) is 0 Å². The molecule has 0 aliphatic carbocycles. The number of aromatic carboxylic acids is 1. The molecular weight excluding hydrogens is 651 g/mol. The fraction of sp³-hybridized carbons (Fsp3) is 0.0294. The van der Waals surface area contributed by atoms with Gasteiger partial charge in [-0.25, -0.2) is 47.9 Å². The van der Waals surface area contributed by atoms with E-state index >= 15 is 17.6 Å². The van der Waals surface area contributed by atoms with Crippen LogP contribution in [0, 0.1) is 29.1 Å². The molecule has 0 aliphatic heterocycles. The van der Waals surface area contributed by atoms with Gasteiger partial charge >= 0.3 is 5.97 Å². The lowest BCUT2D eigenvalue weighted by Crippen LogP contribution is -2.14. The second-order valence-electron chi connectivity index (χ2n) is 10.3. The van der Waals surface area contributed by atoms with Crippen LogP contribution in [-0.2, 0) is 10.0 Å². The van der Waals surface area contributed by atoms with E-state index in [0.717, 1.165) is 66.7 Å². The van der Waals surface area contributed by atoms with Crippen molar-refractivity contribution in [1.82, 2.24) is 3.97 Å². The summed E-state index contributed by atoms with van der Waals surface area (Å²) < 4.78 is 132. The molecule has 0 saturated carbocycles. The molecular formula is C34H18F7NO4S. The highest BCUT2D eigenvalue weighted by molar-refractivity contribution is 7.90. The van der Waals surface area contributed by atoms with Gasteiger partial charge in [0.15, 0.2) is 0 Å². The molecule has 0 fully saturated rings. The molecule has 0 atom stereocenters. The second kappa shape index (κ2) is 11.7. The third-order valence-corrected chi connectivity index (χ3v) is 9.21. The van der Waals surface area contributed by atoms with E-state index in [1.165, 1.54) is 18.2 Å². The molecule has 0 bridgehead atoms. The van der Waals surface area contributed by atoms with Gasteiger partial charge in [0.25, 0.3) is 16.4 Å². The van der Waals surface area contributed by atoms with Crippen LogP contribution in [0.5, 0.6) is 0 Å². The van der Waals surface area contributed by atoms with Crippen molar-refractivity contribution < 1.29 is 49.1 Å². The molecule has 47 heavy (non-hydrogen) atoms. The molecule has 13 heteroatoms. The second-order valence-corrected chi connectivity index (χ2v) is 12.1. The number of hydrogen-bond acceptors (Lipinski definition) is 3. The minimum absolute atomic E-state index is 0.161. The number of aromatic nitrogens is 1. The van der Waals surface area contributed by atoms with Gasteiger partial charge in [-0.3, -0.25) is 0 Å². The zero-order valence-corrected chi connectivity index (χ0v) is 24.3. The van der Waals surface area contributed by atoms with E-state index in [2.05, 4.69) is 0 Å². The van der Waals surface area contributed by atoms with Crippen LogP contribution in [0.3, 0.4) is 0 Å². The van der Waals surface area contributed by atoms with Gasteiger partial charge in [-0.15, -0.1) is 0 Å². The number of rotatable bonds is 7. The Kier molecular flexibility index (Phi) is 7.88. The molecule has 1 heterocycles. The Morgan fingerprint density at radius 2 is 1.26 bits per heavy atom. The van der Waals surface area contributed by atoms with Gasteiger partial charge in [0.05, 0.1) is 32.8 Å². The van der Waals surface area contributed by atoms with Crippen molar-refractivity contribution in [1.29, 1.82) is 0 Å². The molecule has 0 radical (unpaired) electrons. The predicted molar refractivity (Wildman–Crippen MR) is 159 cm³/mol. The summed E-state index contributed by atoms with van der Waals surface area (Å²) in [5, 5.41) is 8.93. The summed E-state index contributed by atoms with van der Waals surface area (Å²) in [7, 11) is -4.83. The first-order chi connectivity index (χ1) is 22.3. The molecule has 0 unspecified atom stereocenters. The van der Waals surface area contributed by atoms with Crippen molar-refractivity contribution in [3.05, 3.63) is 137 Å². The average Bonchev–Trinajstić information content (AvgIpc) is 3.35. The molecule has 238 valence electrons. The molecule has 5 aromatic carbocycles. The summed E-state index contributed by atoms with van der Waals surface area (Å²) in [5.74, 6) is -7.32. The number of carbonyl (C=O) groups is 1. The Morgan fingerprint density at radius 1 is 0.660 bits per heavy atom. The molecule has 6 rings (SSSR count). The number of nitrogens with zero attached hydrogens (tertiary/aromatic N) is 1. The number of carboxylic acids is 1. The molecule has 1 aromatic heterocycles. The SMILES string of the molecule is O=C(O)c1cc(F)c(-c2cccc(-c3c(-c4c(F)cccc4F)c4cc(F)ccc4n3S(=O)(=O)c3ccc(C(F)F)cc3)c2)c(F)c1. The zero-order chi connectivity index (χ0) is 33.8. The Balaban J connectivity index is 1.74. The van der Waals surface area contributed by atoms with Crippen molar-refractivity contribution in [3.8, 4) is 33.5 Å². The number of hydrogen-bond donors (Lipinski definition) is 1. The van der Waals surface area contributed by atoms with Crippen LogP contribution in [0.1, 0.15) is 22.3 Å².